The summed E-state index contributed by atoms with van der Waals surface area (Å²) in [5, 5.41) is 0. The van der Waals surface area contributed by atoms with Gasteiger partial charge >= 0.3 is 29.9 Å². The van der Waals surface area contributed by atoms with E-state index < -0.39 is 48.9 Å². The van der Waals surface area contributed by atoms with Crippen molar-refractivity contribution in [2.75, 3.05) is 13.1 Å². The zero-order valence-corrected chi connectivity index (χ0v) is 10.8. The summed E-state index contributed by atoms with van der Waals surface area (Å²) in [6.45, 7) is -1.07. The number of alkyl halides is 11. The molecule has 1 amide bonds. The first-order chi connectivity index (χ1) is 10.0. The topological polar surface area (TPSA) is 20.3 Å². The maximum atomic E-state index is 13.3. The van der Waals surface area contributed by atoms with Crippen LogP contribution in [0.5, 0.6) is 0 Å². The number of hydrogen-bond acceptors (Lipinski definition) is 1. The van der Waals surface area contributed by atoms with E-state index in [4.69, 9.17) is 0 Å². The Morgan fingerprint density at radius 1 is 0.652 bits per heavy atom. The molecule has 0 N–H and O–H groups in total. The van der Waals surface area contributed by atoms with E-state index >= 15 is 0 Å². The third-order valence-electron chi connectivity index (χ3n) is 3.20. The number of likely N-dealkylation sites (tertiary alicyclic amines) is 1. The van der Waals surface area contributed by atoms with Gasteiger partial charge in [-0.2, -0.15) is 48.3 Å². The fourth-order valence-corrected chi connectivity index (χ4v) is 1.83. The highest BCUT2D eigenvalue weighted by Gasteiger charge is 2.88. The molecule has 1 rings (SSSR count). The highest BCUT2D eigenvalue weighted by molar-refractivity contribution is 5.85. The Balaban J connectivity index is 3.28. The summed E-state index contributed by atoms with van der Waals surface area (Å²) in [5.74, 6) is -31.7. The predicted molar refractivity (Wildman–Crippen MR) is 51.7 cm³/mol. The first-order valence-corrected chi connectivity index (χ1v) is 5.89. The van der Waals surface area contributed by atoms with Crippen LogP contribution in [0.4, 0.5) is 48.3 Å². The quantitative estimate of drug-likeness (QED) is 0.694. The van der Waals surface area contributed by atoms with E-state index in [1.54, 1.807) is 0 Å². The molecule has 2 nitrogen and oxygen atoms in total. The summed E-state index contributed by atoms with van der Waals surface area (Å²) in [6, 6.07) is 0. The van der Waals surface area contributed by atoms with Gasteiger partial charge < -0.3 is 4.90 Å². The van der Waals surface area contributed by atoms with Crippen molar-refractivity contribution in [1.82, 2.24) is 4.90 Å². The Kier molecular flexibility index (Phi) is 4.61. The van der Waals surface area contributed by atoms with Crippen molar-refractivity contribution >= 4 is 5.91 Å². The highest BCUT2D eigenvalue weighted by Crippen LogP contribution is 2.57. The minimum Gasteiger partial charge on any atom is -0.337 e. The number of halogens is 11. The minimum absolute atomic E-state index is 0.00424. The van der Waals surface area contributed by atoms with Crippen molar-refractivity contribution in [2.24, 2.45) is 0 Å². The molecule has 0 atom stereocenters. The maximum Gasteiger partial charge on any atom is 0.460 e. The highest BCUT2D eigenvalue weighted by atomic mass is 19.4. The smallest absolute Gasteiger partial charge is 0.337 e. The van der Waals surface area contributed by atoms with Gasteiger partial charge in [0, 0.05) is 13.1 Å². The second-order valence-electron chi connectivity index (χ2n) is 4.79. The van der Waals surface area contributed by atoms with Crippen LogP contribution in [0.1, 0.15) is 12.8 Å². The van der Waals surface area contributed by atoms with E-state index in [1.165, 1.54) is 0 Å². The molecule has 0 aliphatic carbocycles. The van der Waals surface area contributed by atoms with Crippen LogP contribution in [0.3, 0.4) is 0 Å². The molecule has 0 radical (unpaired) electrons. The fraction of sp³-hybridized carbons (Fsp3) is 0.900. The lowest BCUT2D eigenvalue weighted by Crippen LogP contribution is -2.69. The van der Waals surface area contributed by atoms with Crippen molar-refractivity contribution in [2.45, 2.75) is 42.7 Å². The molecule has 13 heteroatoms. The lowest BCUT2D eigenvalue weighted by molar-refractivity contribution is -0.417. The number of nitrogens with zero attached hydrogens (tertiary/aromatic N) is 1. The van der Waals surface area contributed by atoms with Gasteiger partial charge in [-0.1, -0.05) is 0 Å². The van der Waals surface area contributed by atoms with E-state index in [2.05, 4.69) is 0 Å². The summed E-state index contributed by atoms with van der Waals surface area (Å²) >= 11 is 0. The van der Waals surface area contributed by atoms with Gasteiger partial charge in [0.1, 0.15) is 0 Å². The third-order valence-corrected chi connectivity index (χ3v) is 3.20. The van der Waals surface area contributed by atoms with Crippen LogP contribution in [0.2, 0.25) is 0 Å². The summed E-state index contributed by atoms with van der Waals surface area (Å²) < 4.78 is 140. The van der Waals surface area contributed by atoms with Crippen LogP contribution < -0.4 is 0 Å². The number of hydrogen-bond donors (Lipinski definition) is 0. The van der Waals surface area contributed by atoms with Crippen molar-refractivity contribution in [3.05, 3.63) is 0 Å². The van der Waals surface area contributed by atoms with Gasteiger partial charge in [0.25, 0.3) is 5.91 Å². The Labute approximate surface area is 121 Å². The Bertz CT molecular complexity index is 464. The maximum absolute atomic E-state index is 13.3. The first-order valence-electron chi connectivity index (χ1n) is 5.89. The molecule has 1 aliphatic rings. The zero-order valence-electron chi connectivity index (χ0n) is 10.8. The van der Waals surface area contributed by atoms with Crippen LogP contribution in [0.15, 0.2) is 0 Å². The molecule has 1 fully saturated rings. The largest absolute Gasteiger partial charge is 0.460 e. The van der Waals surface area contributed by atoms with Gasteiger partial charge in [-0.15, -0.1) is 0 Å². The molecule has 1 heterocycles. The second-order valence-corrected chi connectivity index (χ2v) is 4.79. The SMILES string of the molecule is O=C(N1CCCC1)C(F)(F)C(F)(F)C(F)(F)C(F)(F)C(F)(F)F. The van der Waals surface area contributed by atoms with Crippen molar-refractivity contribution in [1.29, 1.82) is 0 Å². The van der Waals surface area contributed by atoms with Crippen LogP contribution in [-0.2, 0) is 4.79 Å². The van der Waals surface area contributed by atoms with E-state index in [1.807, 2.05) is 0 Å². The van der Waals surface area contributed by atoms with Crippen LogP contribution in [0.25, 0.3) is 0 Å². The van der Waals surface area contributed by atoms with Gasteiger partial charge in [0.15, 0.2) is 0 Å². The molecule has 1 saturated heterocycles. The van der Waals surface area contributed by atoms with Crippen LogP contribution >= 0.6 is 0 Å². The molecule has 136 valence electrons. The molecule has 0 aromatic heterocycles. The molecule has 0 unspecified atom stereocenters. The third kappa shape index (κ3) is 2.71. The average molecular weight is 367 g/mol. The monoisotopic (exact) mass is 367 g/mol. The number of carbonyl (C=O) groups is 1. The normalized spacial score (nSPS) is 18.5. The average Bonchev–Trinajstić information content (AvgIpc) is 2.89. The van der Waals surface area contributed by atoms with E-state index in [0.29, 0.717) is 0 Å². The summed E-state index contributed by atoms with van der Waals surface area (Å²) in [7, 11) is 0. The van der Waals surface area contributed by atoms with Crippen molar-refractivity contribution < 1.29 is 53.1 Å². The Morgan fingerprint density at radius 2 is 1.04 bits per heavy atom. The molecular weight excluding hydrogens is 359 g/mol. The van der Waals surface area contributed by atoms with E-state index in [9.17, 15) is 53.1 Å². The predicted octanol–water partition coefficient (Wildman–Crippen LogP) is 3.71. The second kappa shape index (κ2) is 5.36. The van der Waals surface area contributed by atoms with Gasteiger partial charge in [0.2, 0.25) is 0 Å². The summed E-state index contributed by atoms with van der Waals surface area (Å²) in [6.07, 6.45) is -7.11. The number of rotatable bonds is 4. The number of carbonyl (C=O) groups excluding carboxylic acids is 1. The molecule has 0 aromatic carbocycles. The molecule has 1 aliphatic heterocycles. The molecular formula is C10H8F11NO. The zero-order chi connectivity index (χ0) is 18.5. The Hall–Kier alpha value is -1.30. The van der Waals surface area contributed by atoms with Gasteiger partial charge in [-0.3, -0.25) is 4.79 Å². The van der Waals surface area contributed by atoms with Gasteiger partial charge in [0.05, 0.1) is 0 Å². The molecule has 23 heavy (non-hydrogen) atoms. The van der Waals surface area contributed by atoms with Gasteiger partial charge in [-0.25, -0.2) is 0 Å². The first kappa shape index (κ1) is 19.7. The molecule has 0 bridgehead atoms. The van der Waals surface area contributed by atoms with Crippen LogP contribution in [0, 0.1) is 0 Å². The minimum atomic E-state index is -7.54. The molecule has 0 aromatic rings. The summed E-state index contributed by atoms with van der Waals surface area (Å²) in [5.41, 5.74) is 0. The van der Waals surface area contributed by atoms with E-state index in [-0.39, 0.29) is 17.7 Å². The standard InChI is InChI=1S/C10H8F11NO/c11-6(12,5(23)22-3-1-2-4-22)7(13,14)8(15,16)9(17,18)10(19,20)21/h1-4H2. The Morgan fingerprint density at radius 3 is 1.39 bits per heavy atom. The fourth-order valence-electron chi connectivity index (χ4n) is 1.83. The van der Waals surface area contributed by atoms with E-state index in [0.717, 1.165) is 0 Å². The number of amides is 1. The summed E-state index contributed by atoms with van der Waals surface area (Å²) in [4.78, 5) is 11.2. The lowest BCUT2D eigenvalue weighted by Gasteiger charge is -2.37. The van der Waals surface area contributed by atoms with Crippen LogP contribution in [-0.4, -0.2) is 53.8 Å². The van der Waals surface area contributed by atoms with Gasteiger partial charge in [-0.05, 0) is 12.8 Å². The molecule has 0 saturated carbocycles. The molecule has 0 spiro atoms. The van der Waals surface area contributed by atoms with Crippen molar-refractivity contribution in [3.63, 3.8) is 0 Å². The van der Waals surface area contributed by atoms with Crippen molar-refractivity contribution in [3.8, 4) is 0 Å². The lowest BCUT2D eigenvalue weighted by atomic mass is 9.97.